The van der Waals surface area contributed by atoms with Crippen molar-refractivity contribution in [3.63, 3.8) is 0 Å². The summed E-state index contributed by atoms with van der Waals surface area (Å²) in [6.45, 7) is 3.78. The average molecular weight is 404 g/mol. The molecule has 0 aliphatic carbocycles. The first kappa shape index (κ1) is 19.3. The van der Waals surface area contributed by atoms with Crippen molar-refractivity contribution in [1.82, 2.24) is 4.98 Å². The molecule has 0 atom stereocenters. The second-order valence-electron chi connectivity index (χ2n) is 7.07. The number of benzene rings is 3. The zero-order chi connectivity index (χ0) is 20.4. The molecule has 4 rings (SSSR count). The van der Waals surface area contributed by atoms with Crippen LogP contribution in [0.5, 0.6) is 0 Å². The highest BCUT2D eigenvalue weighted by Crippen LogP contribution is 2.27. The number of aryl methyl sites for hydroxylation is 2. The topological polar surface area (TPSA) is 56.3 Å². The summed E-state index contributed by atoms with van der Waals surface area (Å²) >= 11 is 0. The minimum absolute atomic E-state index is 0.128. The van der Waals surface area contributed by atoms with Crippen LogP contribution in [0.25, 0.3) is 22.0 Å². The highest BCUT2D eigenvalue weighted by atomic mass is 32.2. The molecular formula is C24H21NO3S. The van der Waals surface area contributed by atoms with Crippen molar-refractivity contribution in [2.75, 3.05) is 0 Å². The van der Waals surface area contributed by atoms with Crippen LogP contribution in [0.3, 0.4) is 0 Å². The van der Waals surface area contributed by atoms with E-state index >= 15 is 0 Å². The number of aromatic nitrogens is 1. The van der Waals surface area contributed by atoms with E-state index in [4.69, 9.17) is 9.17 Å². The molecule has 0 saturated carbocycles. The van der Waals surface area contributed by atoms with E-state index in [2.05, 4.69) is 0 Å². The van der Waals surface area contributed by atoms with Crippen LogP contribution in [-0.4, -0.2) is 13.4 Å². The first-order chi connectivity index (χ1) is 13.9. The lowest BCUT2D eigenvalue weighted by Gasteiger charge is -2.11. The van der Waals surface area contributed by atoms with E-state index in [1.165, 1.54) is 0 Å². The van der Waals surface area contributed by atoms with E-state index in [9.17, 15) is 8.42 Å². The molecule has 0 saturated heterocycles. The van der Waals surface area contributed by atoms with Crippen LogP contribution in [0, 0.1) is 13.8 Å². The van der Waals surface area contributed by atoms with Crippen LogP contribution in [-0.2, 0) is 20.9 Å². The van der Waals surface area contributed by atoms with E-state index in [0.717, 1.165) is 33.2 Å². The number of hydrogen-bond acceptors (Lipinski definition) is 4. The smallest absolute Gasteiger partial charge is 0.260 e. The maximum atomic E-state index is 12.6. The monoisotopic (exact) mass is 403 g/mol. The number of pyridine rings is 1. The summed E-state index contributed by atoms with van der Waals surface area (Å²) in [6, 6.07) is 24.5. The number of rotatable bonds is 5. The van der Waals surface area contributed by atoms with Crippen molar-refractivity contribution in [1.29, 1.82) is 0 Å². The predicted molar refractivity (Wildman–Crippen MR) is 115 cm³/mol. The molecule has 3 aromatic carbocycles. The molecule has 4 nitrogen and oxygen atoms in total. The molecule has 0 aliphatic heterocycles. The van der Waals surface area contributed by atoms with Crippen molar-refractivity contribution >= 4 is 20.9 Å². The van der Waals surface area contributed by atoms with Gasteiger partial charge in [-0.15, -0.1) is 0 Å². The summed E-state index contributed by atoms with van der Waals surface area (Å²) in [4.78, 5) is 4.88. The van der Waals surface area contributed by atoms with Crippen LogP contribution in [0.1, 0.15) is 16.8 Å². The van der Waals surface area contributed by atoms with Crippen LogP contribution < -0.4 is 0 Å². The molecule has 0 unspecified atom stereocenters. The standard InChI is InChI=1S/C24H21NO3S/c1-17-9-12-21(13-10-17)29(26,27)28-16-24-22-14-18(2)8-11-20(22)15-23(25-24)19-6-4-3-5-7-19/h3-15H,16H2,1-2H3. The fraction of sp³-hybridized carbons (Fsp3) is 0.125. The van der Waals surface area contributed by atoms with Gasteiger partial charge >= 0.3 is 0 Å². The average Bonchev–Trinajstić information content (AvgIpc) is 2.73. The number of fused-ring (bicyclic) bond motifs is 1. The molecular weight excluding hydrogens is 382 g/mol. The maximum absolute atomic E-state index is 12.6. The lowest BCUT2D eigenvalue weighted by atomic mass is 10.0. The zero-order valence-corrected chi connectivity index (χ0v) is 17.1. The highest BCUT2D eigenvalue weighted by Gasteiger charge is 2.17. The summed E-state index contributed by atoms with van der Waals surface area (Å²) in [6.07, 6.45) is 0. The highest BCUT2D eigenvalue weighted by molar-refractivity contribution is 7.86. The van der Waals surface area contributed by atoms with Crippen molar-refractivity contribution in [2.24, 2.45) is 0 Å². The fourth-order valence-electron chi connectivity index (χ4n) is 3.20. The minimum Gasteiger partial charge on any atom is -0.260 e. The van der Waals surface area contributed by atoms with Gasteiger partial charge in [0.05, 0.1) is 16.3 Å². The van der Waals surface area contributed by atoms with Crippen molar-refractivity contribution in [3.8, 4) is 11.3 Å². The third-order valence-electron chi connectivity index (χ3n) is 4.80. The molecule has 0 amide bonds. The van der Waals surface area contributed by atoms with E-state index in [0.29, 0.717) is 5.69 Å². The predicted octanol–water partition coefficient (Wildman–Crippen LogP) is 5.42. The quantitative estimate of drug-likeness (QED) is 0.417. The molecule has 0 radical (unpaired) electrons. The Morgan fingerprint density at radius 1 is 0.828 bits per heavy atom. The Labute approximate surface area is 170 Å². The van der Waals surface area contributed by atoms with Crippen LogP contribution in [0.2, 0.25) is 0 Å². The van der Waals surface area contributed by atoms with Gasteiger partial charge in [0.2, 0.25) is 0 Å². The van der Waals surface area contributed by atoms with E-state index in [-0.39, 0.29) is 11.5 Å². The fourth-order valence-corrected chi connectivity index (χ4v) is 4.08. The van der Waals surface area contributed by atoms with Crippen molar-refractivity contribution < 1.29 is 12.6 Å². The summed E-state index contributed by atoms with van der Waals surface area (Å²) in [7, 11) is -3.87. The molecule has 0 aliphatic rings. The Morgan fingerprint density at radius 3 is 2.24 bits per heavy atom. The number of nitrogens with zero attached hydrogens (tertiary/aromatic N) is 1. The van der Waals surface area contributed by atoms with Gasteiger partial charge in [-0.2, -0.15) is 8.42 Å². The first-order valence-corrected chi connectivity index (χ1v) is 10.7. The molecule has 1 aromatic heterocycles. The number of hydrogen-bond donors (Lipinski definition) is 0. The third kappa shape index (κ3) is 4.21. The molecule has 146 valence electrons. The Balaban J connectivity index is 1.73. The SMILES string of the molecule is Cc1ccc(S(=O)(=O)OCc2nc(-c3ccccc3)cc3ccc(C)cc23)cc1. The third-order valence-corrected chi connectivity index (χ3v) is 6.08. The minimum atomic E-state index is -3.87. The second-order valence-corrected chi connectivity index (χ2v) is 8.69. The Hall–Kier alpha value is -3.02. The molecule has 0 bridgehead atoms. The van der Waals surface area contributed by atoms with Crippen molar-refractivity contribution in [3.05, 3.63) is 95.7 Å². The van der Waals surface area contributed by atoms with Gasteiger partial charge in [-0.05, 0) is 43.5 Å². The largest absolute Gasteiger partial charge is 0.297 e. The Morgan fingerprint density at radius 2 is 1.52 bits per heavy atom. The molecule has 0 fully saturated rings. The maximum Gasteiger partial charge on any atom is 0.297 e. The van der Waals surface area contributed by atoms with E-state index in [1.54, 1.807) is 24.3 Å². The summed E-state index contributed by atoms with van der Waals surface area (Å²) in [5, 5.41) is 1.89. The Bertz CT molecular complexity index is 1270. The van der Waals surface area contributed by atoms with E-state index < -0.39 is 10.1 Å². The second kappa shape index (κ2) is 7.78. The molecule has 0 N–H and O–H groups in total. The van der Waals surface area contributed by atoms with Gasteiger partial charge in [0.15, 0.2) is 0 Å². The molecule has 1 heterocycles. The lowest BCUT2D eigenvalue weighted by molar-refractivity contribution is 0.305. The summed E-state index contributed by atoms with van der Waals surface area (Å²) < 4.78 is 30.6. The van der Waals surface area contributed by atoms with Gasteiger partial charge < -0.3 is 0 Å². The van der Waals surface area contributed by atoms with Crippen LogP contribution in [0.4, 0.5) is 0 Å². The molecule has 5 heteroatoms. The van der Waals surface area contributed by atoms with Gasteiger partial charge in [-0.25, -0.2) is 4.98 Å². The van der Waals surface area contributed by atoms with Crippen LogP contribution >= 0.6 is 0 Å². The van der Waals surface area contributed by atoms with Gasteiger partial charge in [0.25, 0.3) is 10.1 Å². The molecule has 0 spiro atoms. The molecule has 29 heavy (non-hydrogen) atoms. The van der Waals surface area contributed by atoms with Gasteiger partial charge in [0.1, 0.15) is 6.61 Å². The van der Waals surface area contributed by atoms with Gasteiger partial charge in [-0.3, -0.25) is 4.18 Å². The lowest BCUT2D eigenvalue weighted by Crippen LogP contribution is -2.08. The first-order valence-electron chi connectivity index (χ1n) is 9.34. The Kier molecular flexibility index (Phi) is 5.18. The van der Waals surface area contributed by atoms with Gasteiger partial charge in [-0.1, -0.05) is 65.7 Å². The summed E-state index contributed by atoms with van der Waals surface area (Å²) in [5.74, 6) is 0. The van der Waals surface area contributed by atoms with E-state index in [1.807, 2.05) is 68.4 Å². The normalized spacial score (nSPS) is 11.7. The van der Waals surface area contributed by atoms with Crippen molar-refractivity contribution in [2.45, 2.75) is 25.3 Å². The molecule has 4 aromatic rings. The van der Waals surface area contributed by atoms with Crippen LogP contribution in [0.15, 0.2) is 83.8 Å². The van der Waals surface area contributed by atoms with Gasteiger partial charge in [0, 0.05) is 10.9 Å². The zero-order valence-electron chi connectivity index (χ0n) is 16.3. The summed E-state index contributed by atoms with van der Waals surface area (Å²) in [5.41, 5.74) is 4.42.